The maximum Gasteiger partial charge on any atom is 0.407 e. The normalized spacial score (nSPS) is 14.7. The average molecular weight is 292 g/mol. The maximum absolute atomic E-state index is 12.4. The second-order valence-corrected chi connectivity index (χ2v) is 3.51. The lowest BCUT2D eigenvalue weighted by Crippen LogP contribution is -2.37. The van der Waals surface area contributed by atoms with Gasteiger partial charge in [-0.2, -0.15) is 26.3 Å². The van der Waals surface area contributed by atoms with Crippen molar-refractivity contribution in [3.8, 4) is 0 Å². The smallest absolute Gasteiger partial charge is 0.407 e. The predicted molar refractivity (Wildman–Crippen MR) is 45.0 cm³/mol. The molecule has 1 unspecified atom stereocenters. The molecule has 0 bridgehead atoms. The number of carboxylic acids is 1. The van der Waals surface area contributed by atoms with Gasteiger partial charge in [0, 0.05) is 0 Å². The van der Waals surface area contributed by atoms with Gasteiger partial charge < -0.3 is 5.11 Å². The molecule has 0 amide bonds. The number of hydrogen-bond acceptors (Lipinski definition) is 4. The molecule has 0 aliphatic carbocycles. The fourth-order valence-electron chi connectivity index (χ4n) is 1.25. The predicted octanol–water partition coefficient (Wildman–Crippen LogP) is 1.53. The summed E-state index contributed by atoms with van der Waals surface area (Å²) in [6, 6.07) is -1.77. The first-order valence-corrected chi connectivity index (χ1v) is 4.60. The molecule has 0 aromatic carbocycles. The van der Waals surface area contributed by atoms with Gasteiger partial charge in [-0.05, 0) is 17.4 Å². The summed E-state index contributed by atoms with van der Waals surface area (Å²) in [5.74, 6) is -7.23. The van der Waals surface area contributed by atoms with Gasteiger partial charge in [0.05, 0.1) is 0 Å². The highest BCUT2D eigenvalue weighted by molar-refractivity contribution is 5.71. The van der Waals surface area contributed by atoms with Crippen LogP contribution >= 0.6 is 0 Å². The van der Waals surface area contributed by atoms with E-state index in [0.717, 1.165) is 6.92 Å². The molecule has 1 rings (SSSR count). The van der Waals surface area contributed by atoms with Crippen molar-refractivity contribution in [3.63, 3.8) is 0 Å². The Bertz CT molecular complexity index is 453. The molecular weight excluding hydrogens is 286 g/mol. The summed E-state index contributed by atoms with van der Waals surface area (Å²) in [5.41, 5.74) is 0. The summed E-state index contributed by atoms with van der Waals surface area (Å²) in [7, 11) is 0. The first-order chi connectivity index (χ1) is 8.46. The standard InChI is InChI=1S/C7H6F6N4O2/c1-2(5(18)19)17-4(14-15-16-17)3(6(8,9)10)7(11,12)13/h2-3H,1H3,(H,18,19). The largest absolute Gasteiger partial charge is 0.480 e. The van der Waals surface area contributed by atoms with Gasteiger partial charge in [-0.1, -0.05) is 0 Å². The van der Waals surface area contributed by atoms with Gasteiger partial charge in [0.25, 0.3) is 0 Å². The van der Waals surface area contributed by atoms with Crippen molar-refractivity contribution in [2.75, 3.05) is 0 Å². The van der Waals surface area contributed by atoms with Crippen LogP contribution in [0.15, 0.2) is 0 Å². The van der Waals surface area contributed by atoms with Crippen molar-refractivity contribution in [1.29, 1.82) is 0 Å². The molecule has 1 aromatic rings. The van der Waals surface area contributed by atoms with E-state index in [2.05, 4.69) is 15.5 Å². The minimum Gasteiger partial charge on any atom is -0.480 e. The van der Waals surface area contributed by atoms with Crippen LogP contribution in [0.5, 0.6) is 0 Å². The first kappa shape index (κ1) is 15.2. The van der Waals surface area contributed by atoms with E-state index in [1.165, 1.54) is 0 Å². The topological polar surface area (TPSA) is 80.9 Å². The fraction of sp³-hybridized carbons (Fsp3) is 0.714. The van der Waals surface area contributed by atoms with Gasteiger partial charge in [-0.15, -0.1) is 5.10 Å². The van der Waals surface area contributed by atoms with E-state index in [9.17, 15) is 31.1 Å². The van der Waals surface area contributed by atoms with Crippen LogP contribution in [0, 0.1) is 0 Å². The minimum absolute atomic E-state index is 0.0199. The van der Waals surface area contributed by atoms with E-state index < -0.39 is 36.1 Å². The first-order valence-electron chi connectivity index (χ1n) is 4.60. The number of carboxylic acid groups (broad SMARTS) is 1. The molecule has 0 spiro atoms. The van der Waals surface area contributed by atoms with E-state index in [-0.39, 0.29) is 4.68 Å². The maximum atomic E-state index is 12.4. The summed E-state index contributed by atoms with van der Waals surface area (Å²) in [6.45, 7) is 0.853. The van der Waals surface area contributed by atoms with Gasteiger partial charge in [0.15, 0.2) is 5.82 Å². The third-order valence-electron chi connectivity index (χ3n) is 2.16. The quantitative estimate of drug-likeness (QED) is 0.854. The Morgan fingerprint density at radius 3 is 2.05 bits per heavy atom. The number of hydrogen-bond donors (Lipinski definition) is 1. The third-order valence-corrected chi connectivity index (χ3v) is 2.16. The molecular formula is C7H6F6N4O2. The summed E-state index contributed by atoms with van der Waals surface area (Å²) >= 11 is 0. The minimum atomic E-state index is -5.69. The Morgan fingerprint density at radius 2 is 1.68 bits per heavy atom. The van der Waals surface area contributed by atoms with E-state index in [0.29, 0.717) is 0 Å². The Labute approximate surface area is 101 Å². The van der Waals surface area contributed by atoms with Crippen molar-refractivity contribution < 1.29 is 36.2 Å². The molecule has 1 aromatic heterocycles. The zero-order valence-corrected chi connectivity index (χ0v) is 9.07. The van der Waals surface area contributed by atoms with E-state index in [4.69, 9.17) is 5.11 Å². The van der Waals surface area contributed by atoms with Crippen LogP contribution in [0.1, 0.15) is 24.7 Å². The van der Waals surface area contributed by atoms with Crippen molar-refractivity contribution in [1.82, 2.24) is 20.2 Å². The molecule has 12 heteroatoms. The highest BCUT2D eigenvalue weighted by Crippen LogP contribution is 2.45. The molecule has 0 radical (unpaired) electrons. The molecule has 1 atom stereocenters. The summed E-state index contributed by atoms with van der Waals surface area (Å²) in [4.78, 5) is 10.6. The summed E-state index contributed by atoms with van der Waals surface area (Å²) in [5, 5.41) is 16.8. The van der Waals surface area contributed by atoms with Crippen LogP contribution in [-0.2, 0) is 4.79 Å². The number of nitrogens with zero attached hydrogens (tertiary/aromatic N) is 4. The van der Waals surface area contributed by atoms with Gasteiger partial charge in [-0.25, -0.2) is 9.48 Å². The lowest BCUT2D eigenvalue weighted by molar-refractivity contribution is -0.256. The molecule has 0 saturated carbocycles. The van der Waals surface area contributed by atoms with Crippen molar-refractivity contribution in [3.05, 3.63) is 5.82 Å². The number of aliphatic carboxylic acids is 1. The summed E-state index contributed by atoms with van der Waals surface area (Å²) in [6.07, 6.45) is -11.4. The van der Waals surface area contributed by atoms with Crippen LogP contribution in [0.25, 0.3) is 0 Å². The highest BCUT2D eigenvalue weighted by atomic mass is 19.4. The Kier molecular flexibility index (Phi) is 3.72. The summed E-state index contributed by atoms with van der Waals surface area (Å²) < 4.78 is 74.7. The monoisotopic (exact) mass is 292 g/mol. The molecule has 6 nitrogen and oxygen atoms in total. The molecule has 19 heavy (non-hydrogen) atoms. The fourth-order valence-corrected chi connectivity index (χ4v) is 1.25. The zero-order valence-electron chi connectivity index (χ0n) is 9.07. The zero-order chi connectivity index (χ0) is 15.0. The molecule has 0 fully saturated rings. The SMILES string of the molecule is CC(C(=O)O)n1nnnc1C(C(F)(F)F)C(F)(F)F. The molecule has 0 saturated heterocycles. The van der Waals surface area contributed by atoms with Gasteiger partial charge in [0.1, 0.15) is 6.04 Å². The second kappa shape index (κ2) is 4.66. The Hall–Kier alpha value is -1.88. The van der Waals surface area contributed by atoms with Gasteiger partial charge in [-0.3, -0.25) is 0 Å². The average Bonchev–Trinajstić information content (AvgIpc) is 2.60. The lowest BCUT2D eigenvalue weighted by atomic mass is 10.1. The van der Waals surface area contributed by atoms with Crippen LogP contribution in [-0.4, -0.2) is 43.6 Å². The molecule has 1 N–H and O–H groups in total. The number of carbonyl (C=O) groups is 1. The Morgan fingerprint density at radius 1 is 1.21 bits per heavy atom. The molecule has 1 heterocycles. The number of alkyl halides is 6. The van der Waals surface area contributed by atoms with Gasteiger partial charge >= 0.3 is 18.3 Å². The number of aromatic nitrogens is 4. The number of rotatable bonds is 3. The van der Waals surface area contributed by atoms with E-state index >= 15 is 0 Å². The molecule has 0 aliphatic heterocycles. The van der Waals surface area contributed by atoms with Crippen LogP contribution in [0.2, 0.25) is 0 Å². The molecule has 108 valence electrons. The molecule has 0 aliphatic rings. The van der Waals surface area contributed by atoms with Crippen LogP contribution in [0.4, 0.5) is 26.3 Å². The van der Waals surface area contributed by atoms with Crippen molar-refractivity contribution in [2.45, 2.75) is 31.2 Å². The van der Waals surface area contributed by atoms with E-state index in [1.807, 2.05) is 0 Å². The van der Waals surface area contributed by atoms with E-state index in [1.54, 1.807) is 0 Å². The highest BCUT2D eigenvalue weighted by Gasteiger charge is 2.60. The van der Waals surface area contributed by atoms with Crippen molar-refractivity contribution >= 4 is 5.97 Å². The Balaban J connectivity index is 3.34. The van der Waals surface area contributed by atoms with Gasteiger partial charge in [0.2, 0.25) is 5.92 Å². The third kappa shape index (κ3) is 3.12. The lowest BCUT2D eigenvalue weighted by Gasteiger charge is -2.22. The van der Waals surface area contributed by atoms with Crippen LogP contribution in [0.3, 0.4) is 0 Å². The second-order valence-electron chi connectivity index (χ2n) is 3.51. The van der Waals surface area contributed by atoms with Crippen LogP contribution < -0.4 is 0 Å². The number of tetrazole rings is 1. The number of halogens is 6. The van der Waals surface area contributed by atoms with Crippen molar-refractivity contribution in [2.24, 2.45) is 0 Å².